The van der Waals surface area contributed by atoms with Crippen molar-refractivity contribution in [1.29, 1.82) is 0 Å². The van der Waals surface area contributed by atoms with E-state index in [0.29, 0.717) is 60.4 Å². The molecule has 9 nitrogen and oxygen atoms in total. The summed E-state index contributed by atoms with van der Waals surface area (Å²) >= 11 is 0. The number of nitrogens with one attached hydrogen (secondary N) is 1. The highest BCUT2D eigenvalue weighted by Crippen LogP contribution is 2.38. The number of rotatable bonds is 7. The maximum absolute atomic E-state index is 13.1. The Labute approximate surface area is 180 Å². The zero-order chi connectivity index (χ0) is 22.4. The highest BCUT2D eigenvalue weighted by Gasteiger charge is 2.21. The maximum atomic E-state index is 13.1. The molecule has 0 spiro atoms. The zero-order valence-corrected chi connectivity index (χ0v) is 18.0. The summed E-state index contributed by atoms with van der Waals surface area (Å²) in [5.41, 5.74) is 1.92. The Hall–Kier alpha value is -3.46. The van der Waals surface area contributed by atoms with Crippen LogP contribution in [0.15, 0.2) is 30.3 Å². The van der Waals surface area contributed by atoms with Crippen molar-refractivity contribution in [3.63, 3.8) is 0 Å². The lowest BCUT2D eigenvalue weighted by Crippen LogP contribution is -2.36. The first-order chi connectivity index (χ1) is 15.0. The number of esters is 1. The van der Waals surface area contributed by atoms with E-state index in [1.807, 2.05) is 0 Å². The zero-order valence-electron chi connectivity index (χ0n) is 18.0. The predicted molar refractivity (Wildman–Crippen MR) is 115 cm³/mol. The smallest absolute Gasteiger partial charge is 0.337 e. The molecule has 0 aliphatic carbocycles. The molecule has 1 N–H and O–H groups in total. The van der Waals surface area contributed by atoms with E-state index in [1.54, 1.807) is 30.3 Å². The fraction of sp³-hybridized carbons (Fsp3) is 0.364. The van der Waals surface area contributed by atoms with Gasteiger partial charge in [0.25, 0.3) is 5.91 Å². The summed E-state index contributed by atoms with van der Waals surface area (Å²) in [4.78, 5) is 27.2. The molecule has 1 aliphatic heterocycles. The van der Waals surface area contributed by atoms with Gasteiger partial charge in [-0.1, -0.05) is 0 Å². The van der Waals surface area contributed by atoms with Crippen molar-refractivity contribution < 1.29 is 33.3 Å². The SMILES string of the molecule is COC(=O)c1ccc(N2CCOCC2)c(NC(=O)c2cc(OC)c(OC)c(OC)c2)c1. The highest BCUT2D eigenvalue weighted by atomic mass is 16.5. The van der Waals surface area contributed by atoms with Crippen LogP contribution in [0, 0.1) is 0 Å². The van der Waals surface area contributed by atoms with E-state index < -0.39 is 11.9 Å². The summed E-state index contributed by atoms with van der Waals surface area (Å²) in [5.74, 6) is 0.239. The lowest BCUT2D eigenvalue weighted by atomic mass is 10.1. The summed E-state index contributed by atoms with van der Waals surface area (Å²) in [6.07, 6.45) is 0. The molecule has 0 aromatic heterocycles. The Morgan fingerprint density at radius 2 is 1.55 bits per heavy atom. The third-order valence-electron chi connectivity index (χ3n) is 4.94. The molecule has 1 fully saturated rings. The first-order valence-corrected chi connectivity index (χ1v) is 9.68. The summed E-state index contributed by atoms with van der Waals surface area (Å²) in [7, 11) is 5.77. The number of amides is 1. The van der Waals surface area contributed by atoms with Crippen LogP contribution in [0.2, 0.25) is 0 Å². The van der Waals surface area contributed by atoms with Crippen LogP contribution < -0.4 is 24.4 Å². The molecule has 9 heteroatoms. The van der Waals surface area contributed by atoms with E-state index in [0.717, 1.165) is 5.69 Å². The monoisotopic (exact) mass is 430 g/mol. The van der Waals surface area contributed by atoms with E-state index in [4.69, 9.17) is 23.7 Å². The van der Waals surface area contributed by atoms with Gasteiger partial charge >= 0.3 is 5.97 Å². The lowest BCUT2D eigenvalue weighted by molar-refractivity contribution is 0.0600. The Kier molecular flexibility index (Phi) is 7.19. The van der Waals surface area contributed by atoms with E-state index >= 15 is 0 Å². The molecule has 1 amide bonds. The molecular formula is C22H26N2O7. The predicted octanol–water partition coefficient (Wildman–Crippen LogP) is 2.59. The van der Waals surface area contributed by atoms with E-state index in [9.17, 15) is 9.59 Å². The third-order valence-corrected chi connectivity index (χ3v) is 4.94. The molecule has 1 heterocycles. The Morgan fingerprint density at radius 1 is 0.903 bits per heavy atom. The van der Waals surface area contributed by atoms with Crippen molar-refractivity contribution >= 4 is 23.3 Å². The van der Waals surface area contributed by atoms with Gasteiger partial charge in [-0.15, -0.1) is 0 Å². The van der Waals surface area contributed by atoms with Crippen molar-refractivity contribution in [3.8, 4) is 17.2 Å². The third kappa shape index (κ3) is 4.83. The summed E-state index contributed by atoms with van der Waals surface area (Å²) in [5, 5.41) is 2.90. The minimum Gasteiger partial charge on any atom is -0.493 e. The Balaban J connectivity index is 1.98. The molecule has 3 rings (SSSR count). The maximum Gasteiger partial charge on any atom is 0.337 e. The normalized spacial score (nSPS) is 13.4. The summed E-state index contributed by atoms with van der Waals surface area (Å²) < 4.78 is 26.2. The van der Waals surface area contributed by atoms with Gasteiger partial charge in [-0.3, -0.25) is 4.79 Å². The van der Waals surface area contributed by atoms with Crippen LogP contribution >= 0.6 is 0 Å². The van der Waals surface area contributed by atoms with Gasteiger partial charge < -0.3 is 33.9 Å². The average molecular weight is 430 g/mol. The highest BCUT2D eigenvalue weighted by molar-refractivity contribution is 6.07. The van der Waals surface area contributed by atoms with Gasteiger partial charge in [0, 0.05) is 18.7 Å². The van der Waals surface area contributed by atoms with Crippen LogP contribution in [0.4, 0.5) is 11.4 Å². The number of hydrogen-bond donors (Lipinski definition) is 1. The number of hydrogen-bond acceptors (Lipinski definition) is 8. The number of carbonyl (C=O) groups is 2. The van der Waals surface area contributed by atoms with Crippen molar-refractivity contribution in [2.45, 2.75) is 0 Å². The van der Waals surface area contributed by atoms with E-state index in [1.165, 1.54) is 28.4 Å². The number of methoxy groups -OCH3 is 4. The first-order valence-electron chi connectivity index (χ1n) is 9.68. The average Bonchev–Trinajstić information content (AvgIpc) is 2.82. The minimum absolute atomic E-state index is 0.311. The lowest BCUT2D eigenvalue weighted by Gasteiger charge is -2.30. The first kappa shape index (κ1) is 22.2. The van der Waals surface area contributed by atoms with Crippen LogP contribution in [-0.4, -0.2) is 66.6 Å². The van der Waals surface area contributed by atoms with Crippen molar-refractivity contribution in [1.82, 2.24) is 0 Å². The molecule has 2 aromatic rings. The summed E-state index contributed by atoms with van der Waals surface area (Å²) in [6, 6.07) is 8.20. The molecule has 1 aliphatic rings. The number of anilines is 2. The largest absolute Gasteiger partial charge is 0.493 e. The van der Waals surface area contributed by atoms with Crippen LogP contribution in [0.1, 0.15) is 20.7 Å². The van der Waals surface area contributed by atoms with Crippen LogP contribution in [0.3, 0.4) is 0 Å². The van der Waals surface area contributed by atoms with Gasteiger partial charge in [-0.2, -0.15) is 0 Å². The second-order valence-electron chi connectivity index (χ2n) is 6.69. The molecule has 0 atom stereocenters. The van der Waals surface area contributed by atoms with Gasteiger partial charge in [-0.25, -0.2) is 4.79 Å². The minimum atomic E-state index is -0.489. The topological polar surface area (TPSA) is 95.6 Å². The van der Waals surface area contributed by atoms with Gasteiger partial charge in [0.1, 0.15) is 0 Å². The van der Waals surface area contributed by atoms with Crippen LogP contribution in [0.5, 0.6) is 17.2 Å². The Bertz CT molecular complexity index is 930. The summed E-state index contributed by atoms with van der Waals surface area (Å²) in [6.45, 7) is 2.51. The second-order valence-corrected chi connectivity index (χ2v) is 6.69. The molecule has 2 aromatic carbocycles. The number of carbonyl (C=O) groups excluding carboxylic acids is 2. The van der Waals surface area contributed by atoms with Gasteiger partial charge in [-0.05, 0) is 30.3 Å². The quantitative estimate of drug-likeness (QED) is 0.670. The van der Waals surface area contributed by atoms with Gasteiger partial charge in [0.15, 0.2) is 11.5 Å². The van der Waals surface area contributed by atoms with E-state index in [-0.39, 0.29) is 0 Å². The van der Waals surface area contributed by atoms with Crippen molar-refractivity contribution in [2.24, 2.45) is 0 Å². The second kappa shape index (κ2) is 10.0. The Morgan fingerprint density at radius 3 is 2.10 bits per heavy atom. The number of nitrogens with zero attached hydrogens (tertiary/aromatic N) is 1. The van der Waals surface area contributed by atoms with Gasteiger partial charge in [0.2, 0.25) is 5.75 Å². The van der Waals surface area contributed by atoms with Crippen LogP contribution in [-0.2, 0) is 9.47 Å². The number of morpholine rings is 1. The fourth-order valence-electron chi connectivity index (χ4n) is 3.37. The fourth-order valence-corrected chi connectivity index (χ4v) is 3.37. The molecule has 166 valence electrons. The van der Waals surface area contributed by atoms with E-state index in [2.05, 4.69) is 10.2 Å². The molecule has 31 heavy (non-hydrogen) atoms. The molecular weight excluding hydrogens is 404 g/mol. The number of benzene rings is 2. The number of ether oxygens (including phenoxy) is 5. The molecule has 1 saturated heterocycles. The van der Waals surface area contributed by atoms with Crippen molar-refractivity contribution in [3.05, 3.63) is 41.5 Å². The van der Waals surface area contributed by atoms with Gasteiger partial charge in [0.05, 0.1) is 58.6 Å². The molecule has 0 saturated carbocycles. The van der Waals surface area contributed by atoms with Crippen molar-refractivity contribution in [2.75, 3.05) is 65.0 Å². The standard InChI is InChI=1S/C22H26N2O7/c1-27-18-12-15(13-19(28-2)20(18)29-3)21(25)23-16-11-14(22(26)30-4)5-6-17(16)24-7-9-31-10-8-24/h5-6,11-13H,7-10H2,1-4H3,(H,23,25). The molecule has 0 radical (unpaired) electrons. The molecule has 0 unspecified atom stereocenters. The molecule has 0 bridgehead atoms. The van der Waals surface area contributed by atoms with Crippen LogP contribution in [0.25, 0.3) is 0 Å².